The summed E-state index contributed by atoms with van der Waals surface area (Å²) in [6.07, 6.45) is 0.861. The number of oxazole rings is 1. The second-order valence-electron chi connectivity index (χ2n) is 6.78. The van der Waals surface area contributed by atoms with Crippen LogP contribution in [0.15, 0.2) is 63.7 Å². The first-order valence-corrected chi connectivity index (χ1v) is 11.0. The van der Waals surface area contributed by atoms with Crippen LogP contribution in [0.1, 0.15) is 12.0 Å². The molecule has 166 valence electrons. The molecule has 0 atom stereocenters. The summed E-state index contributed by atoms with van der Waals surface area (Å²) in [5.41, 5.74) is 7.83. The van der Waals surface area contributed by atoms with Crippen LogP contribution >= 0.6 is 0 Å². The maximum absolute atomic E-state index is 12.6. The molecular weight excluding hydrogens is 425 g/mol. The van der Waals surface area contributed by atoms with E-state index in [0.717, 1.165) is 5.56 Å². The fraction of sp³-hybridized carbons (Fsp3) is 0.286. The molecule has 31 heavy (non-hydrogen) atoms. The second-order valence-corrected chi connectivity index (χ2v) is 8.39. The fourth-order valence-electron chi connectivity index (χ4n) is 2.59. The molecule has 3 aromatic rings. The number of ether oxygens (including phenoxy) is 1. The van der Waals surface area contributed by atoms with E-state index in [-0.39, 0.29) is 24.7 Å². The lowest BCUT2D eigenvalue weighted by atomic mass is 10.2. The average molecular weight is 450 g/mol. The molecule has 3 N–H and O–H groups in total. The molecule has 0 amide bonds. The summed E-state index contributed by atoms with van der Waals surface area (Å²) in [6.45, 7) is 2.42. The van der Waals surface area contributed by atoms with Crippen molar-refractivity contribution in [1.82, 2.24) is 4.98 Å². The van der Waals surface area contributed by atoms with Gasteiger partial charge in [-0.1, -0.05) is 17.7 Å². The molecule has 3 rings (SSSR count). The highest BCUT2D eigenvalue weighted by atomic mass is 32.2. The molecule has 0 radical (unpaired) electrons. The van der Waals surface area contributed by atoms with Gasteiger partial charge >= 0.3 is 0 Å². The highest BCUT2D eigenvalue weighted by molar-refractivity contribution is 7.86. The standard InChI is InChI=1S/C21H24FN3O5S/c1-15-3-6-18(7-4-15)31(26,27)29-10-2-9-24-21-25-19-8-5-17(11-20(19)30-21)28-14-16(12-22)13-23/h3-8,11-12H,2,9-10,13-14,23H2,1H3,(H,24,25)/b16-12-. The van der Waals surface area contributed by atoms with Gasteiger partial charge in [0.15, 0.2) is 5.58 Å². The maximum atomic E-state index is 12.6. The smallest absolute Gasteiger partial charge is 0.296 e. The molecule has 0 aliphatic rings. The average Bonchev–Trinajstić information content (AvgIpc) is 3.16. The van der Waals surface area contributed by atoms with Crippen molar-refractivity contribution in [2.45, 2.75) is 18.2 Å². The fourth-order valence-corrected chi connectivity index (χ4v) is 3.53. The van der Waals surface area contributed by atoms with Crippen molar-refractivity contribution in [3.8, 4) is 5.75 Å². The number of halogens is 1. The zero-order chi connectivity index (χ0) is 22.3. The highest BCUT2D eigenvalue weighted by Crippen LogP contribution is 2.24. The Morgan fingerprint density at radius 2 is 2.03 bits per heavy atom. The lowest BCUT2D eigenvalue weighted by Crippen LogP contribution is -2.11. The van der Waals surface area contributed by atoms with Crippen molar-refractivity contribution in [3.05, 3.63) is 59.9 Å². The number of hydrogen-bond acceptors (Lipinski definition) is 8. The van der Waals surface area contributed by atoms with Crippen molar-refractivity contribution in [3.63, 3.8) is 0 Å². The van der Waals surface area contributed by atoms with Crippen LogP contribution in [-0.2, 0) is 14.3 Å². The Balaban J connectivity index is 1.48. The largest absolute Gasteiger partial charge is 0.489 e. The SMILES string of the molecule is Cc1ccc(S(=O)(=O)OCCCNc2nc3ccc(OC/C(=C\F)CN)cc3o2)cc1. The first kappa shape index (κ1) is 22.7. The summed E-state index contributed by atoms with van der Waals surface area (Å²) in [6, 6.07) is 11.8. The van der Waals surface area contributed by atoms with E-state index in [4.69, 9.17) is 19.1 Å². The molecule has 0 saturated carbocycles. The van der Waals surface area contributed by atoms with Gasteiger partial charge in [-0.2, -0.15) is 13.4 Å². The predicted octanol–water partition coefficient (Wildman–Crippen LogP) is 3.53. The number of nitrogens with one attached hydrogen (secondary N) is 1. The number of benzene rings is 2. The van der Waals surface area contributed by atoms with Gasteiger partial charge in [0, 0.05) is 24.7 Å². The predicted molar refractivity (Wildman–Crippen MR) is 115 cm³/mol. The van der Waals surface area contributed by atoms with Gasteiger partial charge in [-0.15, -0.1) is 0 Å². The summed E-state index contributed by atoms with van der Waals surface area (Å²) >= 11 is 0. The summed E-state index contributed by atoms with van der Waals surface area (Å²) in [5, 5.41) is 2.99. The Morgan fingerprint density at radius 1 is 1.26 bits per heavy atom. The summed E-state index contributed by atoms with van der Waals surface area (Å²) in [7, 11) is -3.78. The van der Waals surface area contributed by atoms with E-state index in [9.17, 15) is 12.8 Å². The highest BCUT2D eigenvalue weighted by Gasteiger charge is 2.14. The quantitative estimate of drug-likeness (QED) is 0.337. The molecular formula is C21H24FN3O5S. The number of anilines is 1. The van der Waals surface area contributed by atoms with Gasteiger partial charge in [-0.05, 0) is 37.6 Å². The Hall–Kier alpha value is -2.95. The third kappa shape index (κ3) is 6.27. The minimum absolute atomic E-state index is 0.0208. The van der Waals surface area contributed by atoms with Crippen molar-refractivity contribution in [2.75, 3.05) is 31.6 Å². The monoisotopic (exact) mass is 449 g/mol. The molecule has 0 spiro atoms. The molecule has 2 aromatic carbocycles. The van der Waals surface area contributed by atoms with Crippen LogP contribution in [0, 0.1) is 6.92 Å². The zero-order valence-corrected chi connectivity index (χ0v) is 17.8. The molecule has 0 aliphatic heterocycles. The number of hydrogen-bond donors (Lipinski definition) is 2. The van der Waals surface area contributed by atoms with Gasteiger partial charge in [-0.25, -0.2) is 4.39 Å². The third-order valence-electron chi connectivity index (χ3n) is 4.35. The minimum Gasteiger partial charge on any atom is -0.489 e. The number of aryl methyl sites for hydroxylation is 1. The molecule has 1 aromatic heterocycles. The Bertz CT molecular complexity index is 1140. The number of fused-ring (bicyclic) bond motifs is 1. The topological polar surface area (TPSA) is 117 Å². The summed E-state index contributed by atoms with van der Waals surface area (Å²) in [4.78, 5) is 4.43. The minimum atomic E-state index is -3.78. The molecule has 10 heteroatoms. The van der Waals surface area contributed by atoms with Crippen molar-refractivity contribution in [2.24, 2.45) is 5.73 Å². The second kappa shape index (κ2) is 10.4. The molecule has 0 bridgehead atoms. The van der Waals surface area contributed by atoms with Gasteiger partial charge in [0.25, 0.3) is 16.1 Å². The number of aromatic nitrogens is 1. The van der Waals surface area contributed by atoms with E-state index >= 15 is 0 Å². The van der Waals surface area contributed by atoms with Crippen LogP contribution in [-0.4, -0.2) is 39.7 Å². The van der Waals surface area contributed by atoms with E-state index in [1.807, 2.05) is 6.92 Å². The number of nitrogens with zero attached hydrogens (tertiary/aromatic N) is 1. The van der Waals surface area contributed by atoms with Crippen LogP contribution < -0.4 is 15.8 Å². The van der Waals surface area contributed by atoms with E-state index in [0.29, 0.717) is 47.7 Å². The lowest BCUT2D eigenvalue weighted by molar-refractivity contribution is 0.315. The van der Waals surface area contributed by atoms with Crippen molar-refractivity contribution in [1.29, 1.82) is 0 Å². The number of nitrogens with two attached hydrogens (primary N) is 1. The Labute approximate surface area is 180 Å². The first-order valence-electron chi connectivity index (χ1n) is 9.63. The van der Waals surface area contributed by atoms with E-state index in [1.165, 1.54) is 12.1 Å². The molecule has 0 fully saturated rings. The lowest BCUT2D eigenvalue weighted by Gasteiger charge is -2.06. The Morgan fingerprint density at radius 3 is 2.74 bits per heavy atom. The third-order valence-corrected chi connectivity index (χ3v) is 5.67. The van der Waals surface area contributed by atoms with Crippen LogP contribution in [0.5, 0.6) is 5.75 Å². The molecule has 1 heterocycles. The molecule has 0 unspecified atom stereocenters. The van der Waals surface area contributed by atoms with Crippen molar-refractivity contribution >= 4 is 27.2 Å². The van der Waals surface area contributed by atoms with E-state index in [2.05, 4.69) is 10.3 Å². The first-order chi connectivity index (χ1) is 14.9. The van der Waals surface area contributed by atoms with Crippen LogP contribution in [0.25, 0.3) is 11.1 Å². The van der Waals surface area contributed by atoms with E-state index < -0.39 is 10.1 Å². The maximum Gasteiger partial charge on any atom is 0.296 e. The van der Waals surface area contributed by atoms with Crippen molar-refractivity contribution < 1.29 is 26.1 Å². The summed E-state index contributed by atoms with van der Waals surface area (Å²) < 4.78 is 53.0. The molecule has 8 nitrogen and oxygen atoms in total. The summed E-state index contributed by atoms with van der Waals surface area (Å²) in [5.74, 6) is 0.498. The molecule has 0 aliphatic carbocycles. The Kier molecular flexibility index (Phi) is 7.61. The van der Waals surface area contributed by atoms with Crippen LogP contribution in [0.2, 0.25) is 0 Å². The normalized spacial score (nSPS) is 12.3. The number of rotatable bonds is 11. The van der Waals surface area contributed by atoms with Gasteiger partial charge in [-0.3, -0.25) is 4.18 Å². The van der Waals surface area contributed by atoms with Crippen LogP contribution in [0.4, 0.5) is 10.4 Å². The van der Waals surface area contributed by atoms with Crippen LogP contribution in [0.3, 0.4) is 0 Å². The van der Waals surface area contributed by atoms with Gasteiger partial charge in [0.05, 0.1) is 17.8 Å². The van der Waals surface area contributed by atoms with E-state index in [1.54, 1.807) is 30.3 Å². The van der Waals surface area contributed by atoms with Gasteiger partial charge < -0.3 is 20.2 Å². The van der Waals surface area contributed by atoms with Gasteiger partial charge in [0.1, 0.15) is 17.9 Å². The van der Waals surface area contributed by atoms with Gasteiger partial charge in [0.2, 0.25) is 0 Å². The molecule has 0 saturated heterocycles. The zero-order valence-electron chi connectivity index (χ0n) is 17.0.